The number of benzene rings is 2. The first-order valence-electron chi connectivity index (χ1n) is 8.79. The summed E-state index contributed by atoms with van der Waals surface area (Å²) >= 11 is 13.4. The van der Waals surface area contributed by atoms with Gasteiger partial charge in [-0.25, -0.2) is 0 Å². The molecule has 1 heterocycles. The Kier molecular flexibility index (Phi) is 7.10. The van der Waals surface area contributed by atoms with Crippen molar-refractivity contribution in [1.82, 2.24) is 4.90 Å². The standard InChI is InChI=1S/C21H17Cl2N3O3S/c1-26(12-19(27)24-15-5-2-4-14(22)11-15)21(29)13-7-8-16(23)17(10-13)25-20(28)18-6-3-9-30-18/h2-11H,12H2,1H3,(H,24,27)(H,25,28). The van der Waals surface area contributed by atoms with Gasteiger partial charge in [0.15, 0.2) is 0 Å². The zero-order valence-corrected chi connectivity index (χ0v) is 18.1. The summed E-state index contributed by atoms with van der Waals surface area (Å²) < 4.78 is 0. The Morgan fingerprint density at radius 3 is 2.50 bits per heavy atom. The quantitative estimate of drug-likeness (QED) is 0.540. The van der Waals surface area contributed by atoms with Crippen LogP contribution in [0.25, 0.3) is 0 Å². The van der Waals surface area contributed by atoms with Gasteiger partial charge in [-0.2, -0.15) is 0 Å². The van der Waals surface area contributed by atoms with Crippen molar-refractivity contribution in [2.45, 2.75) is 0 Å². The predicted octanol–water partition coefficient (Wildman–Crippen LogP) is 5.02. The molecule has 0 spiro atoms. The number of carbonyl (C=O) groups excluding carboxylic acids is 3. The number of halogens is 2. The van der Waals surface area contributed by atoms with Gasteiger partial charge in [-0.3, -0.25) is 14.4 Å². The fourth-order valence-corrected chi connectivity index (χ4v) is 3.59. The van der Waals surface area contributed by atoms with E-state index >= 15 is 0 Å². The summed E-state index contributed by atoms with van der Waals surface area (Å²) in [7, 11) is 1.51. The van der Waals surface area contributed by atoms with E-state index < -0.39 is 0 Å². The van der Waals surface area contributed by atoms with Crippen LogP contribution in [0.4, 0.5) is 11.4 Å². The highest BCUT2D eigenvalue weighted by Crippen LogP contribution is 2.25. The lowest BCUT2D eigenvalue weighted by Gasteiger charge is -2.18. The van der Waals surface area contributed by atoms with E-state index in [0.717, 1.165) is 0 Å². The van der Waals surface area contributed by atoms with Gasteiger partial charge in [0, 0.05) is 23.3 Å². The highest BCUT2D eigenvalue weighted by molar-refractivity contribution is 7.12. The minimum absolute atomic E-state index is 0.162. The number of likely N-dealkylation sites (N-methyl/N-ethyl adjacent to an activating group) is 1. The third kappa shape index (κ3) is 5.60. The number of carbonyl (C=O) groups is 3. The van der Waals surface area contributed by atoms with E-state index in [2.05, 4.69) is 10.6 Å². The van der Waals surface area contributed by atoms with Gasteiger partial charge >= 0.3 is 0 Å². The van der Waals surface area contributed by atoms with Gasteiger partial charge in [-0.15, -0.1) is 11.3 Å². The summed E-state index contributed by atoms with van der Waals surface area (Å²) in [5, 5.41) is 7.98. The lowest BCUT2D eigenvalue weighted by atomic mass is 10.1. The summed E-state index contributed by atoms with van der Waals surface area (Å²) in [6.45, 7) is -0.162. The summed E-state index contributed by atoms with van der Waals surface area (Å²) in [6.07, 6.45) is 0. The number of anilines is 2. The van der Waals surface area contributed by atoms with Crippen molar-refractivity contribution in [2.75, 3.05) is 24.2 Å². The van der Waals surface area contributed by atoms with Crippen molar-refractivity contribution in [1.29, 1.82) is 0 Å². The molecular weight excluding hydrogens is 445 g/mol. The largest absolute Gasteiger partial charge is 0.332 e. The molecule has 6 nitrogen and oxygen atoms in total. The van der Waals surface area contributed by atoms with E-state index in [4.69, 9.17) is 23.2 Å². The molecule has 3 amide bonds. The van der Waals surface area contributed by atoms with Crippen LogP contribution in [0.15, 0.2) is 60.0 Å². The maximum atomic E-state index is 12.7. The average Bonchev–Trinajstić information content (AvgIpc) is 3.24. The SMILES string of the molecule is CN(CC(=O)Nc1cccc(Cl)c1)C(=O)c1ccc(Cl)c(NC(=O)c2cccs2)c1. The highest BCUT2D eigenvalue weighted by atomic mass is 35.5. The smallest absolute Gasteiger partial charge is 0.265 e. The van der Waals surface area contributed by atoms with Gasteiger partial charge in [0.25, 0.3) is 11.8 Å². The zero-order chi connectivity index (χ0) is 21.7. The van der Waals surface area contributed by atoms with Crippen molar-refractivity contribution in [3.05, 3.63) is 80.5 Å². The molecule has 0 saturated carbocycles. The van der Waals surface area contributed by atoms with Gasteiger partial charge in [0.05, 0.1) is 22.1 Å². The number of rotatable bonds is 6. The third-order valence-electron chi connectivity index (χ3n) is 4.04. The Morgan fingerprint density at radius 1 is 1.00 bits per heavy atom. The number of hydrogen-bond acceptors (Lipinski definition) is 4. The van der Waals surface area contributed by atoms with Crippen molar-refractivity contribution < 1.29 is 14.4 Å². The maximum Gasteiger partial charge on any atom is 0.265 e. The van der Waals surface area contributed by atoms with Crippen molar-refractivity contribution in [2.24, 2.45) is 0 Å². The Balaban J connectivity index is 1.66. The number of nitrogens with zero attached hydrogens (tertiary/aromatic N) is 1. The number of nitrogens with one attached hydrogen (secondary N) is 2. The van der Waals surface area contributed by atoms with Crippen LogP contribution < -0.4 is 10.6 Å². The molecule has 0 aliphatic rings. The molecule has 3 rings (SSSR count). The molecule has 30 heavy (non-hydrogen) atoms. The second-order valence-electron chi connectivity index (χ2n) is 6.35. The Labute approximate surface area is 187 Å². The molecule has 2 aromatic carbocycles. The Bertz CT molecular complexity index is 1090. The monoisotopic (exact) mass is 461 g/mol. The van der Waals surface area contributed by atoms with Crippen molar-refractivity contribution in [3.63, 3.8) is 0 Å². The summed E-state index contributed by atoms with van der Waals surface area (Å²) in [5.74, 6) is -1.07. The van der Waals surface area contributed by atoms with Crippen LogP contribution in [0.5, 0.6) is 0 Å². The molecule has 0 radical (unpaired) electrons. The minimum atomic E-state index is -0.389. The molecule has 0 saturated heterocycles. The second kappa shape index (κ2) is 9.75. The average molecular weight is 462 g/mol. The van der Waals surface area contributed by atoms with Crippen LogP contribution in [0.2, 0.25) is 10.0 Å². The minimum Gasteiger partial charge on any atom is -0.332 e. The molecular formula is C21H17Cl2N3O3S. The lowest BCUT2D eigenvalue weighted by Crippen LogP contribution is -2.35. The first-order valence-corrected chi connectivity index (χ1v) is 10.4. The molecule has 9 heteroatoms. The van der Waals surface area contributed by atoms with Crippen LogP contribution in [0.1, 0.15) is 20.0 Å². The summed E-state index contributed by atoms with van der Waals surface area (Å²) in [6, 6.07) is 14.7. The predicted molar refractivity (Wildman–Crippen MR) is 121 cm³/mol. The highest BCUT2D eigenvalue weighted by Gasteiger charge is 2.18. The summed E-state index contributed by atoms with van der Waals surface area (Å²) in [4.78, 5) is 39.0. The maximum absolute atomic E-state index is 12.7. The number of thiophene rings is 1. The van der Waals surface area contributed by atoms with Gasteiger partial charge in [-0.1, -0.05) is 35.3 Å². The molecule has 154 valence electrons. The summed E-state index contributed by atoms with van der Waals surface area (Å²) in [5.41, 5.74) is 1.15. The van der Waals surface area contributed by atoms with Crippen LogP contribution in [0.3, 0.4) is 0 Å². The number of amides is 3. The fourth-order valence-electron chi connectivity index (χ4n) is 2.62. The molecule has 0 bridgehead atoms. The molecule has 0 aliphatic carbocycles. The molecule has 0 aliphatic heterocycles. The zero-order valence-electron chi connectivity index (χ0n) is 15.8. The van der Waals surface area contributed by atoms with E-state index in [1.165, 1.54) is 41.5 Å². The third-order valence-corrected chi connectivity index (χ3v) is 5.48. The molecule has 1 aromatic heterocycles. The number of hydrogen-bond donors (Lipinski definition) is 2. The van der Waals surface area contributed by atoms with Crippen molar-refractivity contribution in [3.8, 4) is 0 Å². The molecule has 2 N–H and O–H groups in total. The fraction of sp³-hybridized carbons (Fsp3) is 0.0952. The molecule has 0 atom stereocenters. The van der Waals surface area contributed by atoms with Crippen LogP contribution in [0, 0.1) is 0 Å². The van der Waals surface area contributed by atoms with Gasteiger partial charge in [0.2, 0.25) is 5.91 Å². The first-order chi connectivity index (χ1) is 14.3. The Morgan fingerprint density at radius 2 is 1.80 bits per heavy atom. The van der Waals surface area contributed by atoms with E-state index in [1.807, 2.05) is 0 Å². The van der Waals surface area contributed by atoms with Gasteiger partial charge in [0.1, 0.15) is 0 Å². The van der Waals surface area contributed by atoms with Gasteiger partial charge in [-0.05, 0) is 47.8 Å². The van der Waals surface area contributed by atoms with Crippen molar-refractivity contribution >= 4 is 63.6 Å². The molecule has 0 fully saturated rings. The van der Waals surface area contributed by atoms with E-state index in [-0.39, 0.29) is 24.3 Å². The van der Waals surface area contributed by atoms with Crippen LogP contribution in [-0.4, -0.2) is 36.2 Å². The van der Waals surface area contributed by atoms with E-state index in [9.17, 15) is 14.4 Å². The first kappa shape index (κ1) is 21.8. The Hall–Kier alpha value is -2.87. The lowest BCUT2D eigenvalue weighted by molar-refractivity contribution is -0.116. The van der Waals surface area contributed by atoms with Crippen LogP contribution in [-0.2, 0) is 4.79 Å². The topological polar surface area (TPSA) is 78.5 Å². The molecule has 3 aromatic rings. The normalized spacial score (nSPS) is 10.4. The van der Waals surface area contributed by atoms with E-state index in [0.29, 0.717) is 31.9 Å². The molecule has 0 unspecified atom stereocenters. The second-order valence-corrected chi connectivity index (χ2v) is 8.14. The van der Waals surface area contributed by atoms with Gasteiger partial charge < -0.3 is 15.5 Å². The van der Waals surface area contributed by atoms with E-state index in [1.54, 1.807) is 41.8 Å². The van der Waals surface area contributed by atoms with Crippen LogP contribution >= 0.6 is 34.5 Å².